The molecule has 1 aliphatic rings. The molecule has 0 amide bonds. The molecule has 0 heterocycles. The SMILES string of the molecule is COC(=O)CC(c1cccc(C(=O)Oc2ccc(-c3cc(OC)ccc3F)cc2)c1)C1CC1. The molecule has 0 bridgehead atoms. The number of methoxy groups -OCH3 is 2. The van der Waals surface area contributed by atoms with Crippen molar-refractivity contribution < 1.29 is 28.2 Å². The zero-order valence-corrected chi connectivity index (χ0v) is 18.5. The number of halogens is 1. The van der Waals surface area contributed by atoms with Crippen LogP contribution in [0.3, 0.4) is 0 Å². The average molecular weight is 448 g/mol. The van der Waals surface area contributed by atoms with Gasteiger partial charge in [-0.05, 0) is 78.3 Å². The van der Waals surface area contributed by atoms with Gasteiger partial charge in [-0.1, -0.05) is 24.3 Å². The van der Waals surface area contributed by atoms with E-state index >= 15 is 0 Å². The lowest BCUT2D eigenvalue weighted by molar-refractivity contribution is -0.141. The fourth-order valence-corrected chi connectivity index (χ4v) is 3.94. The summed E-state index contributed by atoms with van der Waals surface area (Å²) in [6.07, 6.45) is 2.43. The summed E-state index contributed by atoms with van der Waals surface area (Å²) in [5, 5.41) is 0. The van der Waals surface area contributed by atoms with Crippen LogP contribution in [0.15, 0.2) is 66.7 Å². The van der Waals surface area contributed by atoms with Gasteiger partial charge in [0, 0.05) is 5.56 Å². The molecule has 3 aromatic carbocycles. The van der Waals surface area contributed by atoms with E-state index in [2.05, 4.69) is 0 Å². The number of rotatable bonds is 8. The number of ether oxygens (including phenoxy) is 3. The Balaban J connectivity index is 1.48. The Labute approximate surface area is 192 Å². The molecular formula is C27H25FO5. The lowest BCUT2D eigenvalue weighted by Gasteiger charge is -2.16. The van der Waals surface area contributed by atoms with E-state index in [4.69, 9.17) is 14.2 Å². The van der Waals surface area contributed by atoms with Crippen molar-refractivity contribution in [1.29, 1.82) is 0 Å². The molecular weight excluding hydrogens is 423 g/mol. The van der Waals surface area contributed by atoms with Crippen molar-refractivity contribution in [3.05, 3.63) is 83.7 Å². The van der Waals surface area contributed by atoms with Crippen LogP contribution < -0.4 is 9.47 Å². The van der Waals surface area contributed by atoms with E-state index in [1.54, 1.807) is 54.6 Å². The van der Waals surface area contributed by atoms with Crippen LogP contribution in [0.25, 0.3) is 11.1 Å². The Kier molecular flexibility index (Phi) is 6.73. The molecule has 1 atom stereocenters. The predicted molar refractivity (Wildman–Crippen MR) is 122 cm³/mol. The molecule has 4 rings (SSSR count). The molecule has 6 heteroatoms. The molecule has 33 heavy (non-hydrogen) atoms. The summed E-state index contributed by atoms with van der Waals surface area (Å²) >= 11 is 0. The number of carbonyl (C=O) groups excluding carboxylic acids is 2. The summed E-state index contributed by atoms with van der Waals surface area (Å²) in [5.74, 6) is 0.248. The molecule has 0 N–H and O–H groups in total. The Bertz CT molecular complexity index is 1150. The first-order valence-corrected chi connectivity index (χ1v) is 10.8. The first-order chi connectivity index (χ1) is 16.0. The van der Waals surface area contributed by atoms with Gasteiger partial charge in [0.25, 0.3) is 0 Å². The maximum Gasteiger partial charge on any atom is 0.343 e. The van der Waals surface area contributed by atoms with Gasteiger partial charge >= 0.3 is 11.9 Å². The van der Waals surface area contributed by atoms with E-state index in [9.17, 15) is 14.0 Å². The molecule has 0 spiro atoms. The number of benzene rings is 3. The Morgan fingerprint density at radius 3 is 2.36 bits per heavy atom. The van der Waals surface area contributed by atoms with Crippen LogP contribution in [0.1, 0.15) is 41.1 Å². The average Bonchev–Trinajstić information content (AvgIpc) is 3.68. The second kappa shape index (κ2) is 9.86. The van der Waals surface area contributed by atoms with Crippen molar-refractivity contribution in [2.24, 2.45) is 5.92 Å². The third-order valence-corrected chi connectivity index (χ3v) is 5.91. The number of carbonyl (C=O) groups is 2. The highest BCUT2D eigenvalue weighted by molar-refractivity contribution is 5.91. The van der Waals surface area contributed by atoms with Crippen LogP contribution >= 0.6 is 0 Å². The fourth-order valence-electron chi connectivity index (χ4n) is 3.94. The molecule has 0 radical (unpaired) electrons. The van der Waals surface area contributed by atoms with Crippen LogP contribution in [0, 0.1) is 11.7 Å². The Morgan fingerprint density at radius 2 is 1.70 bits per heavy atom. The van der Waals surface area contributed by atoms with Gasteiger partial charge in [-0.3, -0.25) is 4.79 Å². The number of hydrogen-bond acceptors (Lipinski definition) is 5. The monoisotopic (exact) mass is 448 g/mol. The maximum absolute atomic E-state index is 14.2. The normalized spacial score (nSPS) is 13.8. The molecule has 170 valence electrons. The van der Waals surface area contributed by atoms with Gasteiger partial charge in [0.2, 0.25) is 0 Å². The summed E-state index contributed by atoms with van der Waals surface area (Å²) in [6, 6.07) is 18.4. The minimum Gasteiger partial charge on any atom is -0.497 e. The molecule has 1 saturated carbocycles. The van der Waals surface area contributed by atoms with Gasteiger partial charge in [-0.15, -0.1) is 0 Å². The smallest absolute Gasteiger partial charge is 0.343 e. The van der Waals surface area contributed by atoms with E-state index in [-0.39, 0.29) is 17.7 Å². The highest BCUT2D eigenvalue weighted by Gasteiger charge is 2.34. The van der Waals surface area contributed by atoms with Crippen LogP contribution in [-0.2, 0) is 9.53 Å². The summed E-state index contributed by atoms with van der Waals surface area (Å²) in [6.45, 7) is 0. The van der Waals surface area contributed by atoms with Gasteiger partial charge in [0.15, 0.2) is 0 Å². The Morgan fingerprint density at radius 1 is 0.970 bits per heavy atom. The van der Waals surface area contributed by atoms with Crippen LogP contribution in [-0.4, -0.2) is 26.2 Å². The third-order valence-electron chi connectivity index (χ3n) is 5.91. The van der Waals surface area contributed by atoms with Crippen molar-refractivity contribution in [2.75, 3.05) is 14.2 Å². The van der Waals surface area contributed by atoms with Crippen molar-refractivity contribution in [3.63, 3.8) is 0 Å². The van der Waals surface area contributed by atoms with Crippen molar-refractivity contribution >= 4 is 11.9 Å². The van der Waals surface area contributed by atoms with Crippen LogP contribution in [0.2, 0.25) is 0 Å². The fraction of sp³-hybridized carbons (Fsp3) is 0.259. The first kappa shape index (κ1) is 22.5. The summed E-state index contributed by atoms with van der Waals surface area (Å²) in [7, 11) is 2.91. The molecule has 5 nitrogen and oxygen atoms in total. The van der Waals surface area contributed by atoms with E-state index in [0.717, 1.165) is 18.4 Å². The van der Waals surface area contributed by atoms with Gasteiger partial charge in [0.05, 0.1) is 26.2 Å². The van der Waals surface area contributed by atoms with Crippen molar-refractivity contribution in [1.82, 2.24) is 0 Å². The minimum atomic E-state index is -0.496. The maximum atomic E-state index is 14.2. The van der Waals surface area contributed by atoms with Gasteiger partial charge < -0.3 is 14.2 Å². The van der Waals surface area contributed by atoms with Crippen molar-refractivity contribution in [2.45, 2.75) is 25.2 Å². The lowest BCUT2D eigenvalue weighted by atomic mass is 9.90. The molecule has 1 unspecified atom stereocenters. The molecule has 1 aliphatic carbocycles. The van der Waals surface area contributed by atoms with E-state index < -0.39 is 5.97 Å². The highest BCUT2D eigenvalue weighted by Crippen LogP contribution is 2.44. The first-order valence-electron chi connectivity index (χ1n) is 10.8. The van der Waals surface area contributed by atoms with Crippen LogP contribution in [0.5, 0.6) is 11.5 Å². The van der Waals surface area contributed by atoms with Gasteiger partial charge in [0.1, 0.15) is 17.3 Å². The standard InChI is InChI=1S/C27H25FO5/c1-31-22-12-13-25(28)24(15-22)18-8-10-21(11-9-18)33-27(30)20-5-3-4-19(14-20)23(17-6-7-17)16-26(29)32-2/h3-5,8-15,17,23H,6-7,16H2,1-2H3. The summed E-state index contributed by atoms with van der Waals surface area (Å²) < 4.78 is 29.8. The molecule has 3 aromatic rings. The third kappa shape index (κ3) is 5.40. The van der Waals surface area contributed by atoms with E-state index in [1.165, 1.54) is 20.3 Å². The zero-order valence-electron chi connectivity index (χ0n) is 18.5. The Hall–Kier alpha value is -3.67. The highest BCUT2D eigenvalue weighted by atomic mass is 19.1. The molecule has 0 aliphatic heterocycles. The number of hydrogen-bond donors (Lipinski definition) is 0. The van der Waals surface area contributed by atoms with Gasteiger partial charge in [-0.2, -0.15) is 0 Å². The van der Waals surface area contributed by atoms with E-state index in [1.807, 2.05) is 6.07 Å². The summed E-state index contributed by atoms with van der Waals surface area (Å²) in [5.41, 5.74) is 2.38. The van der Waals surface area contributed by atoms with Crippen molar-refractivity contribution in [3.8, 4) is 22.6 Å². The topological polar surface area (TPSA) is 61.8 Å². The second-order valence-electron chi connectivity index (χ2n) is 8.11. The van der Waals surface area contributed by atoms with Gasteiger partial charge in [-0.25, -0.2) is 9.18 Å². The number of esters is 2. The second-order valence-corrected chi connectivity index (χ2v) is 8.11. The quantitative estimate of drug-likeness (QED) is 0.323. The zero-order chi connectivity index (χ0) is 23.4. The molecule has 0 saturated heterocycles. The lowest BCUT2D eigenvalue weighted by Crippen LogP contribution is -2.13. The van der Waals surface area contributed by atoms with E-state index in [0.29, 0.717) is 40.5 Å². The predicted octanol–water partition coefficient (Wildman–Crippen LogP) is 5.78. The molecule has 1 fully saturated rings. The van der Waals surface area contributed by atoms with Crippen LogP contribution in [0.4, 0.5) is 4.39 Å². The minimum absolute atomic E-state index is 0.0299. The largest absolute Gasteiger partial charge is 0.497 e. The summed E-state index contributed by atoms with van der Waals surface area (Å²) in [4.78, 5) is 24.6. The molecule has 0 aromatic heterocycles.